The lowest BCUT2D eigenvalue weighted by atomic mass is 10.2. The number of nitrogens with one attached hydrogen (secondary N) is 2. The number of fused-ring (bicyclic) bond motifs is 1. The van der Waals surface area contributed by atoms with Gasteiger partial charge in [-0.05, 0) is 48.9 Å². The van der Waals surface area contributed by atoms with Crippen LogP contribution < -0.4 is 16.1 Å². The summed E-state index contributed by atoms with van der Waals surface area (Å²) in [5.41, 5.74) is 2.22. The van der Waals surface area contributed by atoms with Crippen LogP contribution in [-0.4, -0.2) is 29.8 Å². The van der Waals surface area contributed by atoms with E-state index in [1.165, 1.54) is 0 Å². The van der Waals surface area contributed by atoms with E-state index < -0.39 is 11.4 Å². The molecule has 0 saturated heterocycles. The fourth-order valence-corrected chi connectivity index (χ4v) is 2.74. The minimum atomic E-state index is -0.517. The Morgan fingerprint density at radius 3 is 2.46 bits per heavy atom. The molecule has 2 heterocycles. The van der Waals surface area contributed by atoms with E-state index in [0.717, 1.165) is 27.7 Å². The zero-order valence-corrected chi connectivity index (χ0v) is 14.0. The van der Waals surface area contributed by atoms with Crippen LogP contribution in [0.15, 0.2) is 52.1 Å². The number of hydrogen-bond donors (Lipinski definition) is 2. The van der Waals surface area contributed by atoms with E-state index in [2.05, 4.69) is 20.5 Å². The summed E-state index contributed by atoms with van der Waals surface area (Å²) < 4.78 is 8.62. The Hall–Kier alpha value is -3.62. The fraction of sp³-hybridized carbons (Fsp3) is 0.176. The first-order valence-electron chi connectivity index (χ1n) is 8.11. The van der Waals surface area contributed by atoms with E-state index >= 15 is 0 Å². The summed E-state index contributed by atoms with van der Waals surface area (Å²) in [6.45, 7) is 3.16. The highest BCUT2D eigenvalue weighted by molar-refractivity contribution is 5.74. The lowest BCUT2D eigenvalue weighted by Gasteiger charge is -2.07. The van der Waals surface area contributed by atoms with E-state index in [0.29, 0.717) is 18.0 Å². The van der Waals surface area contributed by atoms with Crippen molar-refractivity contribution >= 4 is 11.0 Å². The maximum absolute atomic E-state index is 11.6. The normalized spacial score (nSPS) is 11.1. The van der Waals surface area contributed by atoms with Crippen LogP contribution in [-0.2, 0) is 13.2 Å². The summed E-state index contributed by atoms with van der Waals surface area (Å²) in [5.74, 6) is 0.631. The fourth-order valence-electron chi connectivity index (χ4n) is 2.74. The van der Waals surface area contributed by atoms with Gasteiger partial charge in [-0.25, -0.2) is 29.0 Å². The highest BCUT2D eigenvalue weighted by Gasteiger charge is 2.07. The third-order valence-corrected chi connectivity index (χ3v) is 4.06. The van der Waals surface area contributed by atoms with Crippen LogP contribution in [0.25, 0.3) is 16.7 Å². The molecule has 2 aromatic carbocycles. The molecule has 0 unspecified atom stereocenters. The Morgan fingerprint density at radius 2 is 1.77 bits per heavy atom. The molecule has 0 aliphatic heterocycles. The van der Waals surface area contributed by atoms with Gasteiger partial charge < -0.3 is 4.74 Å². The Morgan fingerprint density at radius 1 is 1.04 bits per heavy atom. The van der Waals surface area contributed by atoms with Gasteiger partial charge in [0.15, 0.2) is 0 Å². The third kappa shape index (κ3) is 2.79. The quantitative estimate of drug-likeness (QED) is 0.561. The largest absolute Gasteiger partial charge is 0.489 e. The van der Waals surface area contributed by atoms with Gasteiger partial charge in [-0.3, -0.25) is 0 Å². The van der Waals surface area contributed by atoms with Gasteiger partial charge in [-0.15, -0.1) is 5.10 Å². The molecule has 0 aliphatic rings. The number of aryl methyl sites for hydroxylation is 1. The molecular weight excluding hydrogens is 336 g/mol. The van der Waals surface area contributed by atoms with E-state index in [1.807, 2.05) is 29.8 Å². The molecule has 0 aliphatic carbocycles. The summed E-state index contributed by atoms with van der Waals surface area (Å²) in [5, 5.41) is 12.7. The Labute approximate surface area is 146 Å². The Balaban J connectivity index is 1.50. The molecule has 4 aromatic rings. The molecule has 0 fully saturated rings. The van der Waals surface area contributed by atoms with Crippen molar-refractivity contribution < 1.29 is 4.74 Å². The molecule has 26 heavy (non-hydrogen) atoms. The smallest absolute Gasteiger partial charge is 0.348 e. The molecule has 9 heteroatoms. The predicted octanol–water partition coefficient (Wildman–Crippen LogP) is 1.20. The monoisotopic (exact) mass is 352 g/mol. The summed E-state index contributed by atoms with van der Waals surface area (Å²) in [6, 6.07) is 12.6. The van der Waals surface area contributed by atoms with Crippen molar-refractivity contribution in [1.82, 2.24) is 29.8 Å². The molecule has 0 atom stereocenters. The van der Waals surface area contributed by atoms with Crippen LogP contribution in [0.5, 0.6) is 5.75 Å². The minimum Gasteiger partial charge on any atom is -0.489 e. The highest BCUT2D eigenvalue weighted by atomic mass is 16.5. The van der Waals surface area contributed by atoms with Crippen molar-refractivity contribution in [3.8, 4) is 11.4 Å². The van der Waals surface area contributed by atoms with E-state index in [9.17, 15) is 9.59 Å². The molecular formula is C17H16N6O3. The summed E-state index contributed by atoms with van der Waals surface area (Å²) >= 11 is 0. The molecule has 4 rings (SSSR count). The topological polar surface area (TPSA) is 111 Å². The van der Waals surface area contributed by atoms with Crippen molar-refractivity contribution in [2.75, 3.05) is 0 Å². The zero-order chi connectivity index (χ0) is 18.1. The van der Waals surface area contributed by atoms with Crippen molar-refractivity contribution in [3.05, 3.63) is 69.0 Å². The highest BCUT2D eigenvalue weighted by Crippen LogP contribution is 2.18. The van der Waals surface area contributed by atoms with Gasteiger partial charge in [-0.1, -0.05) is 11.3 Å². The number of rotatable bonds is 5. The number of aromatic nitrogens is 6. The molecule has 0 radical (unpaired) electrons. The summed E-state index contributed by atoms with van der Waals surface area (Å²) in [4.78, 5) is 23.2. The lowest BCUT2D eigenvalue weighted by Crippen LogP contribution is -2.24. The maximum atomic E-state index is 11.6. The summed E-state index contributed by atoms with van der Waals surface area (Å²) in [7, 11) is 0. The van der Waals surface area contributed by atoms with Gasteiger partial charge in [0, 0.05) is 6.54 Å². The number of nitrogens with zero attached hydrogens (tertiary/aromatic N) is 4. The van der Waals surface area contributed by atoms with Crippen molar-refractivity contribution in [2.45, 2.75) is 20.1 Å². The van der Waals surface area contributed by atoms with Gasteiger partial charge in [-0.2, -0.15) is 0 Å². The number of H-pyrrole nitrogens is 2. The molecule has 2 aromatic heterocycles. The van der Waals surface area contributed by atoms with Crippen molar-refractivity contribution in [2.24, 2.45) is 0 Å². The molecule has 0 amide bonds. The van der Waals surface area contributed by atoms with Crippen LogP contribution in [0.1, 0.15) is 12.5 Å². The van der Waals surface area contributed by atoms with Gasteiger partial charge >= 0.3 is 11.4 Å². The third-order valence-electron chi connectivity index (χ3n) is 4.06. The number of benzene rings is 2. The number of hydrogen-bond acceptors (Lipinski definition) is 5. The zero-order valence-electron chi connectivity index (χ0n) is 14.0. The first-order valence-corrected chi connectivity index (χ1v) is 8.11. The van der Waals surface area contributed by atoms with Gasteiger partial charge in [0.05, 0.1) is 11.2 Å². The van der Waals surface area contributed by atoms with E-state index in [1.54, 1.807) is 24.3 Å². The van der Waals surface area contributed by atoms with Crippen LogP contribution in [0.2, 0.25) is 0 Å². The van der Waals surface area contributed by atoms with Crippen LogP contribution in [0.3, 0.4) is 0 Å². The minimum absolute atomic E-state index is 0.374. The van der Waals surface area contributed by atoms with E-state index in [-0.39, 0.29) is 0 Å². The van der Waals surface area contributed by atoms with Crippen molar-refractivity contribution in [3.63, 3.8) is 0 Å². The molecule has 0 spiro atoms. The molecule has 132 valence electrons. The van der Waals surface area contributed by atoms with Crippen LogP contribution in [0.4, 0.5) is 0 Å². The maximum Gasteiger partial charge on any atom is 0.348 e. The average molecular weight is 352 g/mol. The van der Waals surface area contributed by atoms with Gasteiger partial charge in [0.1, 0.15) is 17.9 Å². The van der Waals surface area contributed by atoms with Crippen LogP contribution in [0, 0.1) is 0 Å². The first kappa shape index (κ1) is 15.9. The van der Waals surface area contributed by atoms with Crippen molar-refractivity contribution in [1.29, 1.82) is 0 Å². The number of ether oxygens (including phenoxy) is 1. The Bertz CT molecular complexity index is 1140. The molecule has 0 saturated carbocycles. The Kier molecular flexibility index (Phi) is 3.88. The summed E-state index contributed by atoms with van der Waals surface area (Å²) in [6.07, 6.45) is 0. The second-order valence-corrected chi connectivity index (χ2v) is 5.71. The average Bonchev–Trinajstić information content (AvgIpc) is 3.23. The standard InChI is InChI=1S/C17H16N6O3/c1-2-22-15-8-3-11(9-14(15)18-21-22)10-26-13-6-4-12(5-7-13)23-16(24)19-20-17(23)25/h3-9H,2,10H2,1H3,(H,19,24)(H,20,25). The SMILES string of the molecule is CCn1nnc2cc(COc3ccc(-n4c(=O)[nH][nH]c4=O)cc3)ccc21. The first-order chi connectivity index (χ1) is 12.7. The van der Waals surface area contributed by atoms with Gasteiger partial charge in [0.2, 0.25) is 0 Å². The van der Waals surface area contributed by atoms with Crippen LogP contribution >= 0.6 is 0 Å². The molecule has 0 bridgehead atoms. The van der Waals surface area contributed by atoms with Gasteiger partial charge in [0.25, 0.3) is 0 Å². The lowest BCUT2D eigenvalue weighted by molar-refractivity contribution is 0.306. The second kappa shape index (κ2) is 6.36. The molecule has 2 N–H and O–H groups in total. The molecule has 9 nitrogen and oxygen atoms in total. The van der Waals surface area contributed by atoms with E-state index in [4.69, 9.17) is 4.74 Å². The second-order valence-electron chi connectivity index (χ2n) is 5.71. The number of aromatic amines is 2. The predicted molar refractivity (Wildman–Crippen MR) is 94.5 cm³/mol.